The van der Waals surface area contributed by atoms with Gasteiger partial charge in [0.05, 0.1) is 4.88 Å². The van der Waals surface area contributed by atoms with Gasteiger partial charge >= 0.3 is 6.16 Å². The Bertz CT molecular complexity index is 1330. The fourth-order valence-electron chi connectivity index (χ4n) is 3.38. The molecule has 0 unspecified atom stereocenters. The third-order valence-electron chi connectivity index (χ3n) is 4.99. The highest BCUT2D eigenvalue weighted by atomic mass is 32.2. The Morgan fingerprint density at radius 1 is 1.00 bits per heavy atom. The molecule has 10 heteroatoms. The van der Waals surface area contributed by atoms with Gasteiger partial charge in [-0.05, 0) is 24.1 Å². The zero-order valence-corrected chi connectivity index (χ0v) is 18.8. The van der Waals surface area contributed by atoms with E-state index in [1.807, 2.05) is 66.7 Å². The monoisotopic (exact) mass is 484 g/mol. The van der Waals surface area contributed by atoms with E-state index in [2.05, 4.69) is 9.88 Å². The molecule has 5 rings (SSSR count). The Balaban J connectivity index is 0.000000601. The second kappa shape index (κ2) is 9.57. The second-order valence-corrected chi connectivity index (χ2v) is 10.3. The average Bonchev–Trinajstić information content (AvgIpc) is 3.19. The minimum atomic E-state index is -3.56. The number of nitrogens with zero attached hydrogens (tertiary/aromatic N) is 1. The fraction of sp³-hybridized carbons (Fsp3) is 0.130. The Labute approximate surface area is 194 Å². The van der Waals surface area contributed by atoms with Crippen molar-refractivity contribution in [1.82, 2.24) is 9.88 Å². The molecule has 0 amide bonds. The summed E-state index contributed by atoms with van der Waals surface area (Å²) in [6, 6.07) is 24.9. The molecule has 2 heterocycles. The van der Waals surface area contributed by atoms with Gasteiger partial charge in [-0.25, -0.2) is 17.9 Å². The third kappa shape index (κ3) is 5.67. The van der Waals surface area contributed by atoms with Gasteiger partial charge in [0.15, 0.2) is 5.76 Å². The summed E-state index contributed by atoms with van der Waals surface area (Å²) in [6.07, 6.45) is -1.01. The van der Waals surface area contributed by atoms with E-state index in [1.165, 1.54) is 16.9 Å². The number of carbonyl (C=O) groups is 1. The first-order chi connectivity index (χ1) is 15.8. The predicted molar refractivity (Wildman–Crippen MR) is 124 cm³/mol. The van der Waals surface area contributed by atoms with Crippen molar-refractivity contribution in [2.75, 3.05) is 0 Å². The summed E-state index contributed by atoms with van der Waals surface area (Å²) in [6.45, 7) is 0. The lowest BCUT2D eigenvalue weighted by molar-refractivity contribution is 0.137. The van der Waals surface area contributed by atoms with Gasteiger partial charge in [0, 0.05) is 23.6 Å². The molecule has 1 aliphatic rings. The van der Waals surface area contributed by atoms with Gasteiger partial charge in [-0.2, -0.15) is 0 Å². The lowest BCUT2D eigenvalue weighted by atomic mass is 10.1. The maximum absolute atomic E-state index is 12.8. The minimum Gasteiger partial charge on any atom is -0.450 e. The Kier molecular flexibility index (Phi) is 6.59. The molecule has 1 saturated carbocycles. The van der Waals surface area contributed by atoms with Crippen LogP contribution in [0.2, 0.25) is 0 Å². The van der Waals surface area contributed by atoms with Crippen molar-refractivity contribution < 1.29 is 27.9 Å². The van der Waals surface area contributed by atoms with E-state index in [-0.39, 0.29) is 16.2 Å². The molecule has 2 aromatic heterocycles. The van der Waals surface area contributed by atoms with E-state index in [9.17, 15) is 8.42 Å². The van der Waals surface area contributed by atoms with Gasteiger partial charge in [-0.15, -0.1) is 11.3 Å². The Hall–Kier alpha value is -3.47. The molecule has 2 aromatic carbocycles. The van der Waals surface area contributed by atoms with Gasteiger partial charge < -0.3 is 14.7 Å². The van der Waals surface area contributed by atoms with Crippen LogP contribution in [0.25, 0.3) is 21.9 Å². The van der Waals surface area contributed by atoms with E-state index >= 15 is 0 Å². The first-order valence-corrected chi connectivity index (χ1v) is 12.2. The summed E-state index contributed by atoms with van der Waals surface area (Å²) >= 11 is 1.20. The number of aromatic nitrogens is 1. The first-order valence-electron chi connectivity index (χ1n) is 9.95. The van der Waals surface area contributed by atoms with Crippen LogP contribution in [0.1, 0.15) is 17.9 Å². The van der Waals surface area contributed by atoms with Gasteiger partial charge in [-0.1, -0.05) is 65.8 Å². The molecule has 8 nitrogen and oxygen atoms in total. The Morgan fingerprint density at radius 3 is 2.30 bits per heavy atom. The number of carboxylic acid groups (broad SMARTS) is 2. The maximum atomic E-state index is 12.8. The zero-order valence-electron chi connectivity index (χ0n) is 17.2. The van der Waals surface area contributed by atoms with Crippen molar-refractivity contribution in [2.24, 2.45) is 0 Å². The molecule has 33 heavy (non-hydrogen) atoms. The highest BCUT2D eigenvalue weighted by Crippen LogP contribution is 2.42. The van der Waals surface area contributed by atoms with Crippen molar-refractivity contribution in [2.45, 2.75) is 22.6 Å². The van der Waals surface area contributed by atoms with Crippen LogP contribution < -0.4 is 4.72 Å². The van der Waals surface area contributed by atoms with Crippen LogP contribution in [0.3, 0.4) is 0 Å². The van der Waals surface area contributed by atoms with E-state index in [0.717, 1.165) is 16.9 Å². The van der Waals surface area contributed by atoms with Crippen molar-refractivity contribution >= 4 is 27.5 Å². The van der Waals surface area contributed by atoms with Crippen LogP contribution in [0.15, 0.2) is 87.6 Å². The molecule has 0 radical (unpaired) electrons. The van der Waals surface area contributed by atoms with Gasteiger partial charge in [0.25, 0.3) is 0 Å². The summed E-state index contributed by atoms with van der Waals surface area (Å²) in [5, 5.41) is 18.0. The molecular weight excluding hydrogens is 464 g/mol. The summed E-state index contributed by atoms with van der Waals surface area (Å²) in [5.41, 5.74) is 2.73. The number of rotatable bonds is 6. The van der Waals surface area contributed by atoms with Crippen LogP contribution >= 0.6 is 11.3 Å². The summed E-state index contributed by atoms with van der Waals surface area (Å²) in [4.78, 5) is 9.31. The SMILES string of the molecule is O=C(O)O.O=S(=O)(N[C@H]1C[C@@H]1c1ccccc1)c1ccc(-c2cc(-c3ccccc3)on2)s1. The fourth-order valence-corrected chi connectivity index (χ4v) is 5.95. The van der Waals surface area contributed by atoms with E-state index < -0.39 is 16.2 Å². The van der Waals surface area contributed by atoms with Crippen LogP contribution in [0, 0.1) is 0 Å². The standard InChI is InChI=1S/C22H18N2O3S2.CH2O3/c25-29(26,24-18-13-17(18)15-7-3-1-4-8-15)22-12-11-21(28-22)19-14-20(27-23-19)16-9-5-2-6-10-16;2-1(3)4/h1-12,14,17-18,24H,13H2;(H2,2,3,4)/t17-,18+;/m1./s1. The molecular formula is C23H20N2O6S2. The number of hydrogen-bond acceptors (Lipinski definition) is 6. The highest BCUT2D eigenvalue weighted by molar-refractivity contribution is 7.91. The smallest absolute Gasteiger partial charge is 0.450 e. The molecule has 0 bridgehead atoms. The van der Waals surface area contributed by atoms with E-state index in [4.69, 9.17) is 19.5 Å². The van der Waals surface area contributed by atoms with Crippen LogP contribution in [0.5, 0.6) is 0 Å². The summed E-state index contributed by atoms with van der Waals surface area (Å²) < 4.78 is 34.1. The number of thiophene rings is 1. The Morgan fingerprint density at radius 2 is 1.64 bits per heavy atom. The molecule has 3 N–H and O–H groups in total. The van der Waals surface area contributed by atoms with Crippen LogP contribution in [0.4, 0.5) is 4.79 Å². The number of benzene rings is 2. The normalized spacial score (nSPS) is 17.1. The third-order valence-corrected chi connectivity index (χ3v) is 8.08. The number of sulfonamides is 1. The number of nitrogens with one attached hydrogen (secondary N) is 1. The predicted octanol–water partition coefficient (Wildman–Crippen LogP) is 5.13. The van der Waals surface area contributed by atoms with Gasteiger partial charge in [0.1, 0.15) is 9.90 Å². The van der Waals surface area contributed by atoms with Crippen LogP contribution in [-0.4, -0.2) is 36.0 Å². The molecule has 170 valence electrons. The molecule has 0 aliphatic heterocycles. The average molecular weight is 485 g/mol. The van der Waals surface area contributed by atoms with Crippen molar-refractivity contribution in [1.29, 1.82) is 0 Å². The van der Waals surface area contributed by atoms with E-state index in [1.54, 1.807) is 12.1 Å². The summed E-state index contributed by atoms with van der Waals surface area (Å²) in [5.74, 6) is 0.898. The van der Waals surface area contributed by atoms with Crippen molar-refractivity contribution in [3.8, 4) is 21.9 Å². The zero-order chi connectivity index (χ0) is 23.4. The van der Waals surface area contributed by atoms with E-state index in [0.29, 0.717) is 11.5 Å². The van der Waals surface area contributed by atoms with Gasteiger partial charge in [0.2, 0.25) is 10.0 Å². The molecule has 2 atom stereocenters. The van der Waals surface area contributed by atoms with Crippen molar-refractivity contribution in [3.63, 3.8) is 0 Å². The maximum Gasteiger partial charge on any atom is 0.503 e. The lowest BCUT2D eigenvalue weighted by Crippen LogP contribution is -2.26. The molecule has 4 aromatic rings. The van der Waals surface area contributed by atoms with Crippen molar-refractivity contribution in [3.05, 3.63) is 84.4 Å². The molecule has 0 spiro atoms. The summed E-state index contributed by atoms with van der Waals surface area (Å²) in [7, 11) is -3.56. The lowest BCUT2D eigenvalue weighted by Gasteiger charge is -2.04. The van der Waals surface area contributed by atoms with Crippen LogP contribution in [-0.2, 0) is 10.0 Å². The molecule has 1 fully saturated rings. The first kappa shape index (κ1) is 22.7. The number of hydrogen-bond donors (Lipinski definition) is 3. The highest BCUT2D eigenvalue weighted by Gasteiger charge is 2.41. The molecule has 0 saturated heterocycles. The largest absolute Gasteiger partial charge is 0.503 e. The quantitative estimate of drug-likeness (QED) is 0.346. The second-order valence-electron chi connectivity index (χ2n) is 7.32. The minimum absolute atomic E-state index is 0.0512. The molecule has 1 aliphatic carbocycles. The van der Waals surface area contributed by atoms with Gasteiger partial charge in [-0.3, -0.25) is 0 Å². The topological polar surface area (TPSA) is 130 Å².